The van der Waals surface area contributed by atoms with Crippen LogP contribution in [-0.2, 0) is 31.0 Å². The fourth-order valence-corrected chi connectivity index (χ4v) is 4.15. The van der Waals surface area contributed by atoms with Crippen molar-refractivity contribution in [2.75, 3.05) is 32.8 Å². The third-order valence-corrected chi connectivity index (χ3v) is 5.69. The quantitative estimate of drug-likeness (QED) is 0.560. The molecule has 2 aromatic rings. The van der Waals surface area contributed by atoms with Gasteiger partial charge < -0.3 is 25.0 Å². The maximum atomic E-state index is 12.9. The summed E-state index contributed by atoms with van der Waals surface area (Å²) in [5.41, 5.74) is 0.992. The number of aliphatic hydroxyl groups excluding tert-OH is 1. The second-order valence-corrected chi connectivity index (χ2v) is 7.72. The van der Waals surface area contributed by atoms with Gasteiger partial charge in [0.15, 0.2) is 6.29 Å². The number of nitrogens with zero attached hydrogens (tertiary/aromatic N) is 2. The number of benzene rings is 1. The van der Waals surface area contributed by atoms with Crippen LogP contribution in [0.15, 0.2) is 54.9 Å². The highest BCUT2D eigenvalue weighted by atomic mass is 16.7. The Kier molecular flexibility index (Phi) is 8.69. The van der Waals surface area contributed by atoms with Gasteiger partial charge in [-0.1, -0.05) is 30.3 Å². The molecule has 9 nitrogen and oxygen atoms in total. The van der Waals surface area contributed by atoms with Crippen LogP contribution in [0.4, 0.5) is 0 Å². The Labute approximate surface area is 187 Å². The number of hydrogen-bond donors (Lipinski definition) is 3. The van der Waals surface area contributed by atoms with Crippen molar-refractivity contribution in [3.8, 4) is 0 Å². The van der Waals surface area contributed by atoms with E-state index in [2.05, 4.69) is 15.2 Å². The zero-order valence-electron chi connectivity index (χ0n) is 17.8. The van der Waals surface area contributed by atoms with E-state index in [-0.39, 0.29) is 25.1 Å². The normalized spacial score (nSPS) is 23.7. The van der Waals surface area contributed by atoms with Crippen molar-refractivity contribution in [1.29, 1.82) is 0 Å². The van der Waals surface area contributed by atoms with E-state index in [1.807, 2.05) is 42.5 Å². The number of piperidine rings is 1. The van der Waals surface area contributed by atoms with Crippen LogP contribution in [0.25, 0.3) is 0 Å². The van der Waals surface area contributed by atoms with Crippen molar-refractivity contribution in [2.24, 2.45) is 0 Å². The lowest BCUT2D eigenvalue weighted by Gasteiger charge is -2.46. The molecule has 0 saturated carbocycles. The molecule has 1 aromatic heterocycles. The van der Waals surface area contributed by atoms with Crippen LogP contribution in [0, 0.1) is 0 Å². The van der Waals surface area contributed by atoms with E-state index in [0.29, 0.717) is 32.7 Å². The smallest absolute Gasteiger partial charge is 0.290 e. The van der Waals surface area contributed by atoms with Crippen LogP contribution in [0.3, 0.4) is 0 Å². The number of pyridine rings is 1. The Hall–Kier alpha value is -2.85. The summed E-state index contributed by atoms with van der Waals surface area (Å²) in [5, 5.41) is 21.2. The highest BCUT2D eigenvalue weighted by molar-refractivity contribution is 5.79. The number of carboxylic acid groups (broad SMARTS) is 1. The van der Waals surface area contributed by atoms with Crippen LogP contribution in [0.1, 0.15) is 17.5 Å². The van der Waals surface area contributed by atoms with E-state index in [1.54, 1.807) is 12.4 Å². The molecule has 1 amide bonds. The minimum absolute atomic E-state index is 0.116. The van der Waals surface area contributed by atoms with Crippen molar-refractivity contribution in [3.63, 3.8) is 0 Å². The number of ether oxygens (including phenoxy) is 2. The number of β-amino-alcohol motifs (C(OH)–C–C–N with tert-alkyl or cyclic N) is 1. The predicted octanol–water partition coefficient (Wildman–Crippen LogP) is 0.776. The third-order valence-electron chi connectivity index (χ3n) is 5.69. The first-order chi connectivity index (χ1) is 15.6. The Morgan fingerprint density at radius 3 is 2.47 bits per heavy atom. The summed E-state index contributed by atoms with van der Waals surface area (Å²) in [6.07, 6.45) is 3.21. The summed E-state index contributed by atoms with van der Waals surface area (Å²) in [4.78, 5) is 27.4. The number of carbonyl (C=O) groups is 2. The maximum Gasteiger partial charge on any atom is 0.290 e. The maximum absolute atomic E-state index is 12.9. The molecule has 0 bridgehead atoms. The Morgan fingerprint density at radius 1 is 1.19 bits per heavy atom. The van der Waals surface area contributed by atoms with Gasteiger partial charge in [0.05, 0.1) is 31.3 Å². The van der Waals surface area contributed by atoms with Crippen LogP contribution in [0.5, 0.6) is 0 Å². The number of aromatic nitrogens is 1. The minimum atomic E-state index is -0.820. The summed E-state index contributed by atoms with van der Waals surface area (Å²) in [6, 6.07) is 13.4. The van der Waals surface area contributed by atoms with Crippen molar-refractivity contribution in [1.82, 2.24) is 15.2 Å². The molecule has 0 aliphatic carbocycles. The van der Waals surface area contributed by atoms with Gasteiger partial charge in [-0.2, -0.15) is 0 Å². The highest BCUT2D eigenvalue weighted by Crippen LogP contribution is 2.34. The van der Waals surface area contributed by atoms with E-state index in [4.69, 9.17) is 19.4 Å². The molecule has 2 fully saturated rings. The second kappa shape index (κ2) is 11.7. The molecule has 1 aromatic carbocycles. The van der Waals surface area contributed by atoms with Crippen molar-refractivity contribution < 1.29 is 29.3 Å². The summed E-state index contributed by atoms with van der Waals surface area (Å²) >= 11 is 0. The SMILES string of the molecule is O=C(Cc1ccncc1)N[C@@]1(c2ccccc2)CCN(CC2OCCO2)C[C@H]1O.O=CO. The van der Waals surface area contributed by atoms with Gasteiger partial charge in [-0.3, -0.25) is 19.5 Å². The van der Waals surface area contributed by atoms with Gasteiger partial charge in [-0.25, -0.2) is 0 Å². The van der Waals surface area contributed by atoms with E-state index in [0.717, 1.165) is 17.7 Å². The van der Waals surface area contributed by atoms with Crippen LogP contribution >= 0.6 is 0 Å². The number of likely N-dealkylation sites (tertiary alicyclic amines) is 1. The zero-order valence-corrected chi connectivity index (χ0v) is 17.8. The van der Waals surface area contributed by atoms with Gasteiger partial charge in [0.2, 0.25) is 5.91 Å². The minimum Gasteiger partial charge on any atom is -0.483 e. The predicted molar refractivity (Wildman–Crippen MR) is 116 cm³/mol. The largest absolute Gasteiger partial charge is 0.483 e. The molecule has 2 atom stereocenters. The summed E-state index contributed by atoms with van der Waals surface area (Å²) in [7, 11) is 0. The molecule has 4 rings (SSSR count). The van der Waals surface area contributed by atoms with Gasteiger partial charge in [-0.15, -0.1) is 0 Å². The van der Waals surface area contributed by atoms with Crippen LogP contribution in [-0.4, -0.2) is 77.7 Å². The fraction of sp³-hybridized carbons (Fsp3) is 0.435. The monoisotopic (exact) mass is 443 g/mol. The first-order valence-corrected chi connectivity index (χ1v) is 10.5. The molecule has 2 aliphatic heterocycles. The van der Waals surface area contributed by atoms with Crippen LogP contribution in [0.2, 0.25) is 0 Å². The molecule has 2 aliphatic rings. The third kappa shape index (κ3) is 6.10. The van der Waals surface area contributed by atoms with Crippen molar-refractivity contribution in [3.05, 3.63) is 66.0 Å². The molecular weight excluding hydrogens is 414 g/mol. The Bertz CT molecular complexity index is 847. The fourth-order valence-electron chi connectivity index (χ4n) is 4.15. The summed E-state index contributed by atoms with van der Waals surface area (Å²) in [5.74, 6) is -0.116. The van der Waals surface area contributed by atoms with Gasteiger partial charge in [0.1, 0.15) is 0 Å². The second-order valence-electron chi connectivity index (χ2n) is 7.72. The molecule has 0 radical (unpaired) electrons. The number of rotatable bonds is 6. The summed E-state index contributed by atoms with van der Waals surface area (Å²) < 4.78 is 11.1. The molecule has 172 valence electrons. The summed E-state index contributed by atoms with van der Waals surface area (Å²) in [6.45, 7) is 2.76. The topological polar surface area (TPSA) is 121 Å². The van der Waals surface area contributed by atoms with E-state index in [1.165, 1.54) is 0 Å². The van der Waals surface area contributed by atoms with Crippen LogP contribution < -0.4 is 5.32 Å². The average molecular weight is 444 g/mol. The van der Waals surface area contributed by atoms with E-state index >= 15 is 0 Å². The Morgan fingerprint density at radius 2 is 1.84 bits per heavy atom. The lowest BCUT2D eigenvalue weighted by atomic mass is 9.78. The molecule has 9 heteroatoms. The number of amides is 1. The van der Waals surface area contributed by atoms with Gasteiger partial charge in [0, 0.05) is 32.0 Å². The number of nitrogens with one attached hydrogen (secondary N) is 1. The molecule has 32 heavy (non-hydrogen) atoms. The van der Waals surface area contributed by atoms with Crippen molar-refractivity contribution >= 4 is 12.4 Å². The molecule has 3 heterocycles. The van der Waals surface area contributed by atoms with Gasteiger partial charge in [-0.05, 0) is 29.7 Å². The van der Waals surface area contributed by atoms with Gasteiger partial charge >= 0.3 is 0 Å². The molecule has 3 N–H and O–H groups in total. The van der Waals surface area contributed by atoms with E-state index < -0.39 is 11.6 Å². The molecular formula is C23H29N3O6. The lowest BCUT2D eigenvalue weighted by molar-refractivity contribution is -0.128. The number of carbonyl (C=O) groups excluding carboxylic acids is 1. The van der Waals surface area contributed by atoms with Gasteiger partial charge in [0.25, 0.3) is 6.47 Å². The first kappa shape index (κ1) is 23.8. The molecule has 2 saturated heterocycles. The zero-order chi connectivity index (χ0) is 22.8. The average Bonchev–Trinajstić information content (AvgIpc) is 3.31. The lowest BCUT2D eigenvalue weighted by Crippen LogP contribution is -2.62. The van der Waals surface area contributed by atoms with Crippen molar-refractivity contribution in [2.45, 2.75) is 30.8 Å². The number of aliphatic hydroxyl groups is 1. The Balaban J connectivity index is 0.000000913. The van der Waals surface area contributed by atoms with E-state index in [9.17, 15) is 9.90 Å². The highest BCUT2D eigenvalue weighted by Gasteiger charge is 2.45. The standard InChI is InChI=1S/C22H27N3O4.CH2O2/c26-19-15-25(16-21-28-12-13-29-21)11-8-22(19,18-4-2-1-3-5-18)24-20(27)14-17-6-9-23-10-7-17;2-1-3/h1-7,9-10,19,21,26H,8,11-16H2,(H,24,27);1H,(H,2,3)/t19-,22-;/m1./s1. The first-order valence-electron chi connectivity index (χ1n) is 10.5. The number of hydrogen-bond acceptors (Lipinski definition) is 7. The molecule has 0 unspecified atom stereocenters. The molecule has 0 spiro atoms.